The Morgan fingerprint density at radius 3 is 2.61 bits per heavy atom. The van der Waals surface area contributed by atoms with Crippen molar-refractivity contribution in [3.05, 3.63) is 65.2 Å². The fourth-order valence-electron chi connectivity index (χ4n) is 3.60. The molecule has 5 nitrogen and oxygen atoms in total. The quantitative estimate of drug-likeness (QED) is 0.631. The highest BCUT2D eigenvalue weighted by Gasteiger charge is 2.32. The number of nitrogens with zero attached hydrogens (tertiary/aromatic N) is 1. The van der Waals surface area contributed by atoms with Crippen LogP contribution in [-0.4, -0.2) is 37.0 Å². The standard InChI is InChI=1S/C22H25ClF2N2O3S/c1-14(26-18-7-9-20(24)19(23)12-18)16-6-8-21(25)22(11-16)31(29,30)27-10-4-3-5-17(13-27)15(2)28/h6-9,11-12,15,17,26,28H,1,3-5,10,13H2,2H3. The average molecular weight is 471 g/mol. The van der Waals surface area contributed by atoms with E-state index >= 15 is 0 Å². The molecule has 3 rings (SSSR count). The zero-order valence-corrected chi connectivity index (χ0v) is 18.7. The summed E-state index contributed by atoms with van der Waals surface area (Å²) >= 11 is 5.79. The molecule has 1 aliphatic heterocycles. The molecule has 0 bridgehead atoms. The minimum atomic E-state index is -4.12. The maximum Gasteiger partial charge on any atom is 0.246 e. The van der Waals surface area contributed by atoms with E-state index in [4.69, 9.17) is 11.6 Å². The van der Waals surface area contributed by atoms with E-state index in [-0.39, 0.29) is 24.0 Å². The van der Waals surface area contributed by atoms with Gasteiger partial charge in [0.1, 0.15) is 16.5 Å². The van der Waals surface area contributed by atoms with Crippen LogP contribution in [0.15, 0.2) is 47.9 Å². The van der Waals surface area contributed by atoms with Crippen molar-refractivity contribution in [2.45, 2.75) is 37.2 Å². The molecule has 2 unspecified atom stereocenters. The summed E-state index contributed by atoms with van der Waals surface area (Å²) in [7, 11) is -4.12. The Labute approximate surface area is 186 Å². The first-order chi connectivity index (χ1) is 14.6. The van der Waals surface area contributed by atoms with Gasteiger partial charge in [0.05, 0.1) is 11.1 Å². The zero-order chi connectivity index (χ0) is 22.8. The van der Waals surface area contributed by atoms with Crippen LogP contribution in [0.4, 0.5) is 14.5 Å². The van der Waals surface area contributed by atoms with Crippen LogP contribution in [0.3, 0.4) is 0 Å². The second-order valence-electron chi connectivity index (χ2n) is 7.74. The van der Waals surface area contributed by atoms with Crippen molar-refractivity contribution in [1.29, 1.82) is 0 Å². The number of anilines is 1. The molecule has 9 heteroatoms. The SMILES string of the molecule is C=C(Nc1ccc(F)c(Cl)c1)c1ccc(F)c(S(=O)(=O)N2CCCCC(C(C)O)C2)c1. The van der Waals surface area contributed by atoms with Gasteiger partial charge < -0.3 is 10.4 Å². The molecular formula is C22H25ClF2N2O3S. The first-order valence-corrected chi connectivity index (χ1v) is 11.8. The fourth-order valence-corrected chi connectivity index (χ4v) is 5.41. The van der Waals surface area contributed by atoms with E-state index < -0.39 is 32.7 Å². The normalized spacial score (nSPS) is 18.9. The van der Waals surface area contributed by atoms with Gasteiger partial charge in [0.15, 0.2) is 0 Å². The molecule has 1 heterocycles. The van der Waals surface area contributed by atoms with Crippen molar-refractivity contribution in [3.8, 4) is 0 Å². The van der Waals surface area contributed by atoms with E-state index in [0.29, 0.717) is 29.8 Å². The molecule has 31 heavy (non-hydrogen) atoms. The van der Waals surface area contributed by atoms with Crippen LogP contribution in [0.25, 0.3) is 5.70 Å². The lowest BCUT2D eigenvalue weighted by atomic mass is 9.98. The van der Waals surface area contributed by atoms with Gasteiger partial charge in [0.2, 0.25) is 10.0 Å². The van der Waals surface area contributed by atoms with Crippen LogP contribution in [0, 0.1) is 17.6 Å². The maximum atomic E-state index is 14.6. The van der Waals surface area contributed by atoms with Crippen molar-refractivity contribution >= 4 is 33.0 Å². The number of benzene rings is 2. The van der Waals surface area contributed by atoms with Gasteiger partial charge in [-0.1, -0.05) is 24.6 Å². The van der Waals surface area contributed by atoms with Gasteiger partial charge in [0.25, 0.3) is 0 Å². The van der Waals surface area contributed by atoms with Crippen molar-refractivity contribution in [2.75, 3.05) is 18.4 Å². The van der Waals surface area contributed by atoms with Gasteiger partial charge >= 0.3 is 0 Å². The number of sulfonamides is 1. The van der Waals surface area contributed by atoms with Gasteiger partial charge in [-0.2, -0.15) is 4.31 Å². The Morgan fingerprint density at radius 2 is 1.94 bits per heavy atom. The number of hydrogen-bond donors (Lipinski definition) is 2. The van der Waals surface area contributed by atoms with Gasteiger partial charge in [0, 0.05) is 24.5 Å². The highest BCUT2D eigenvalue weighted by Crippen LogP contribution is 2.29. The molecule has 0 radical (unpaired) electrons. The smallest absolute Gasteiger partial charge is 0.246 e. The lowest BCUT2D eigenvalue weighted by Gasteiger charge is -2.26. The summed E-state index contributed by atoms with van der Waals surface area (Å²) in [6.07, 6.45) is 1.50. The van der Waals surface area contributed by atoms with Gasteiger partial charge in [-0.3, -0.25) is 0 Å². The Kier molecular flexibility index (Phi) is 7.36. The van der Waals surface area contributed by atoms with Crippen LogP contribution in [-0.2, 0) is 10.0 Å². The molecular weight excluding hydrogens is 446 g/mol. The van der Waals surface area contributed by atoms with Crippen molar-refractivity contribution in [1.82, 2.24) is 4.31 Å². The van der Waals surface area contributed by atoms with E-state index in [0.717, 1.165) is 12.5 Å². The molecule has 0 spiro atoms. The van der Waals surface area contributed by atoms with Crippen LogP contribution in [0.5, 0.6) is 0 Å². The number of halogens is 3. The first kappa shape index (κ1) is 23.7. The highest BCUT2D eigenvalue weighted by atomic mass is 35.5. The van der Waals surface area contributed by atoms with Crippen molar-refractivity contribution < 1.29 is 22.3 Å². The summed E-state index contributed by atoms with van der Waals surface area (Å²) in [6, 6.07) is 7.74. The lowest BCUT2D eigenvalue weighted by Crippen LogP contribution is -2.37. The molecule has 2 atom stereocenters. The largest absolute Gasteiger partial charge is 0.393 e. The van der Waals surface area contributed by atoms with E-state index in [2.05, 4.69) is 11.9 Å². The summed E-state index contributed by atoms with van der Waals surface area (Å²) in [6.45, 7) is 5.92. The molecule has 0 aliphatic carbocycles. The van der Waals surface area contributed by atoms with Crippen molar-refractivity contribution in [2.24, 2.45) is 5.92 Å². The Balaban J connectivity index is 1.88. The molecule has 1 saturated heterocycles. The number of nitrogens with one attached hydrogen (secondary N) is 1. The Hall–Kier alpha value is -2.00. The summed E-state index contributed by atoms with van der Waals surface area (Å²) in [5.74, 6) is -1.64. The molecule has 0 saturated carbocycles. The summed E-state index contributed by atoms with van der Waals surface area (Å²) in [5.41, 5.74) is 1.12. The van der Waals surface area contributed by atoms with Gasteiger partial charge in [-0.25, -0.2) is 17.2 Å². The monoisotopic (exact) mass is 470 g/mol. The molecule has 2 aromatic rings. The predicted octanol–water partition coefficient (Wildman–Crippen LogP) is 4.87. The molecule has 1 aliphatic rings. The van der Waals surface area contributed by atoms with Crippen LogP contribution < -0.4 is 5.32 Å². The topological polar surface area (TPSA) is 69.6 Å². The van der Waals surface area contributed by atoms with E-state index in [9.17, 15) is 22.3 Å². The third-order valence-electron chi connectivity index (χ3n) is 5.47. The minimum Gasteiger partial charge on any atom is -0.393 e. The average Bonchev–Trinajstić information content (AvgIpc) is 2.98. The van der Waals surface area contributed by atoms with Crippen LogP contribution in [0.2, 0.25) is 5.02 Å². The zero-order valence-electron chi connectivity index (χ0n) is 17.1. The number of aliphatic hydroxyl groups is 1. The van der Waals surface area contributed by atoms with Crippen LogP contribution in [0.1, 0.15) is 31.7 Å². The summed E-state index contributed by atoms with van der Waals surface area (Å²) in [4.78, 5) is -0.448. The summed E-state index contributed by atoms with van der Waals surface area (Å²) < 4.78 is 55.7. The minimum absolute atomic E-state index is 0.0750. The third kappa shape index (κ3) is 5.44. The fraction of sp³-hybridized carbons (Fsp3) is 0.364. The molecule has 168 valence electrons. The van der Waals surface area contributed by atoms with Crippen molar-refractivity contribution in [3.63, 3.8) is 0 Å². The molecule has 2 aromatic carbocycles. The first-order valence-electron chi connectivity index (χ1n) is 9.98. The summed E-state index contributed by atoms with van der Waals surface area (Å²) in [5, 5.41) is 12.8. The molecule has 1 fully saturated rings. The number of hydrogen-bond acceptors (Lipinski definition) is 4. The predicted molar refractivity (Wildman–Crippen MR) is 118 cm³/mol. The van der Waals surface area contributed by atoms with E-state index in [1.807, 2.05) is 0 Å². The number of rotatable bonds is 6. The van der Waals surface area contributed by atoms with E-state index in [1.165, 1.54) is 34.6 Å². The number of aliphatic hydroxyl groups excluding tert-OH is 1. The molecule has 0 aromatic heterocycles. The van der Waals surface area contributed by atoms with E-state index in [1.54, 1.807) is 6.92 Å². The van der Waals surface area contributed by atoms with Crippen LogP contribution >= 0.6 is 11.6 Å². The van der Waals surface area contributed by atoms with Gasteiger partial charge in [-0.05, 0) is 67.6 Å². The molecule has 2 N–H and O–H groups in total. The maximum absolute atomic E-state index is 14.6. The second-order valence-corrected chi connectivity index (χ2v) is 10.1. The second kappa shape index (κ2) is 9.65. The van der Waals surface area contributed by atoms with Gasteiger partial charge in [-0.15, -0.1) is 0 Å². The Bertz CT molecular complexity index is 1080. The molecule has 0 amide bonds. The third-order valence-corrected chi connectivity index (χ3v) is 7.63. The highest BCUT2D eigenvalue weighted by molar-refractivity contribution is 7.89. The Morgan fingerprint density at radius 1 is 1.23 bits per heavy atom. The lowest BCUT2D eigenvalue weighted by molar-refractivity contribution is 0.112.